The third-order valence-electron chi connectivity index (χ3n) is 6.01. The molecule has 0 saturated carbocycles. The summed E-state index contributed by atoms with van der Waals surface area (Å²) in [6.45, 7) is 0.807. The smallest absolute Gasteiger partial charge is 0.247 e. The summed E-state index contributed by atoms with van der Waals surface area (Å²) >= 11 is 1.55. The highest BCUT2D eigenvalue weighted by Crippen LogP contribution is 2.26. The van der Waals surface area contributed by atoms with Gasteiger partial charge in [-0.3, -0.25) is 9.59 Å². The molecule has 184 valence electrons. The molecule has 4 aromatic rings. The number of rotatable bonds is 11. The standard InChI is InChI=1S/C30H30N2O3S/c1-35-26-16-14-25(15-17-26)29(30(34)31-22-24-11-6-3-7-12-24)32(19-18-23-9-4-2-5-10-23)28(33)21-27-13-8-20-36-27/h2-17,20,29H,18-19,21-22H2,1H3,(H,31,34)/t29-/m1/s1. The number of benzene rings is 3. The second-order valence-electron chi connectivity index (χ2n) is 8.46. The fraction of sp³-hybridized carbons (Fsp3) is 0.200. The monoisotopic (exact) mass is 498 g/mol. The molecule has 1 N–H and O–H groups in total. The van der Waals surface area contributed by atoms with Crippen molar-refractivity contribution in [2.75, 3.05) is 13.7 Å². The summed E-state index contributed by atoms with van der Waals surface area (Å²) < 4.78 is 5.32. The van der Waals surface area contributed by atoms with E-state index in [1.54, 1.807) is 23.3 Å². The van der Waals surface area contributed by atoms with Crippen LogP contribution in [0, 0.1) is 0 Å². The van der Waals surface area contributed by atoms with Crippen LogP contribution in [0.4, 0.5) is 0 Å². The van der Waals surface area contributed by atoms with E-state index in [9.17, 15) is 9.59 Å². The zero-order valence-corrected chi connectivity index (χ0v) is 21.1. The van der Waals surface area contributed by atoms with Gasteiger partial charge in [0.25, 0.3) is 0 Å². The van der Waals surface area contributed by atoms with E-state index in [-0.39, 0.29) is 18.2 Å². The molecule has 0 saturated heterocycles. The number of nitrogens with one attached hydrogen (secondary N) is 1. The van der Waals surface area contributed by atoms with Crippen LogP contribution in [0.3, 0.4) is 0 Å². The van der Waals surface area contributed by atoms with Crippen LogP contribution in [0.15, 0.2) is 102 Å². The van der Waals surface area contributed by atoms with Gasteiger partial charge in [0.1, 0.15) is 11.8 Å². The Morgan fingerprint density at radius 3 is 2.14 bits per heavy atom. The normalized spacial score (nSPS) is 11.5. The quantitative estimate of drug-likeness (QED) is 0.300. The fourth-order valence-electron chi connectivity index (χ4n) is 4.10. The first-order chi connectivity index (χ1) is 17.6. The molecule has 6 heteroatoms. The average Bonchev–Trinajstić information content (AvgIpc) is 3.44. The maximum Gasteiger partial charge on any atom is 0.247 e. The highest BCUT2D eigenvalue weighted by molar-refractivity contribution is 7.10. The molecule has 5 nitrogen and oxygen atoms in total. The van der Waals surface area contributed by atoms with E-state index in [4.69, 9.17) is 4.74 Å². The molecule has 0 aliphatic rings. The van der Waals surface area contributed by atoms with Crippen molar-refractivity contribution in [1.82, 2.24) is 10.2 Å². The molecule has 0 aliphatic carbocycles. The molecule has 0 aliphatic heterocycles. The first kappa shape index (κ1) is 25.2. The molecular weight excluding hydrogens is 468 g/mol. The van der Waals surface area contributed by atoms with E-state index in [2.05, 4.69) is 5.32 Å². The second kappa shape index (κ2) is 12.7. The molecule has 1 aromatic heterocycles. The molecule has 0 bridgehead atoms. The Kier molecular flexibility index (Phi) is 8.89. The summed E-state index contributed by atoms with van der Waals surface area (Å²) in [7, 11) is 1.61. The molecule has 0 unspecified atom stereocenters. The zero-order valence-electron chi connectivity index (χ0n) is 20.3. The average molecular weight is 499 g/mol. The number of hydrogen-bond acceptors (Lipinski definition) is 4. The van der Waals surface area contributed by atoms with E-state index in [0.29, 0.717) is 25.3 Å². The summed E-state index contributed by atoms with van der Waals surface area (Å²) in [5, 5.41) is 5.02. The Hall–Kier alpha value is -3.90. The summed E-state index contributed by atoms with van der Waals surface area (Å²) in [4.78, 5) is 30.1. The van der Waals surface area contributed by atoms with Crippen molar-refractivity contribution in [3.8, 4) is 5.75 Å². The highest BCUT2D eigenvalue weighted by Gasteiger charge is 2.31. The van der Waals surface area contributed by atoms with Crippen molar-refractivity contribution in [2.24, 2.45) is 0 Å². The first-order valence-electron chi connectivity index (χ1n) is 12.0. The fourth-order valence-corrected chi connectivity index (χ4v) is 4.79. The third-order valence-corrected chi connectivity index (χ3v) is 6.89. The molecule has 1 atom stereocenters. The number of thiophene rings is 1. The second-order valence-corrected chi connectivity index (χ2v) is 9.49. The van der Waals surface area contributed by atoms with Gasteiger partial charge in [-0.2, -0.15) is 0 Å². The van der Waals surface area contributed by atoms with Crippen molar-refractivity contribution in [3.05, 3.63) is 124 Å². The van der Waals surface area contributed by atoms with Gasteiger partial charge in [-0.05, 0) is 46.7 Å². The maximum absolute atomic E-state index is 13.7. The van der Waals surface area contributed by atoms with E-state index in [1.807, 2.05) is 102 Å². The predicted molar refractivity (Wildman–Crippen MR) is 144 cm³/mol. The van der Waals surface area contributed by atoms with Crippen molar-refractivity contribution in [1.29, 1.82) is 0 Å². The summed E-state index contributed by atoms with van der Waals surface area (Å²) in [6.07, 6.45) is 0.903. The number of carbonyl (C=O) groups excluding carboxylic acids is 2. The van der Waals surface area contributed by atoms with Gasteiger partial charge in [0.15, 0.2) is 0 Å². The van der Waals surface area contributed by atoms with Gasteiger partial charge in [0.2, 0.25) is 11.8 Å². The minimum absolute atomic E-state index is 0.0796. The van der Waals surface area contributed by atoms with Gasteiger partial charge in [-0.15, -0.1) is 11.3 Å². The maximum atomic E-state index is 13.7. The van der Waals surface area contributed by atoms with Gasteiger partial charge in [-0.1, -0.05) is 78.9 Å². The molecular formula is C30H30N2O3S. The molecule has 0 fully saturated rings. The molecule has 1 heterocycles. The van der Waals surface area contributed by atoms with Crippen LogP contribution < -0.4 is 10.1 Å². The molecule has 0 radical (unpaired) electrons. The largest absolute Gasteiger partial charge is 0.497 e. The Bertz CT molecular complexity index is 1230. The minimum atomic E-state index is -0.768. The van der Waals surface area contributed by atoms with Gasteiger partial charge >= 0.3 is 0 Å². The zero-order chi connectivity index (χ0) is 25.2. The van der Waals surface area contributed by atoms with E-state index < -0.39 is 6.04 Å². The van der Waals surface area contributed by atoms with E-state index >= 15 is 0 Å². The van der Waals surface area contributed by atoms with Crippen LogP contribution >= 0.6 is 11.3 Å². The molecule has 0 spiro atoms. The number of carbonyl (C=O) groups is 2. The lowest BCUT2D eigenvalue weighted by molar-refractivity contribution is -0.140. The van der Waals surface area contributed by atoms with Gasteiger partial charge in [0.05, 0.1) is 13.5 Å². The number of methoxy groups -OCH3 is 1. The van der Waals surface area contributed by atoms with Crippen LogP contribution in [0.1, 0.15) is 27.6 Å². The summed E-state index contributed by atoms with van der Waals surface area (Å²) in [5.74, 6) is 0.406. The van der Waals surface area contributed by atoms with Crippen molar-refractivity contribution >= 4 is 23.2 Å². The van der Waals surface area contributed by atoms with Crippen molar-refractivity contribution in [3.63, 3.8) is 0 Å². The first-order valence-corrected chi connectivity index (χ1v) is 12.8. The number of hydrogen-bond donors (Lipinski definition) is 1. The summed E-state index contributed by atoms with van der Waals surface area (Å²) in [6, 6.07) is 30.3. The number of ether oxygens (including phenoxy) is 1. The van der Waals surface area contributed by atoms with Crippen LogP contribution in [0.5, 0.6) is 5.75 Å². The number of amides is 2. The summed E-state index contributed by atoms with van der Waals surface area (Å²) in [5.41, 5.74) is 2.86. The minimum Gasteiger partial charge on any atom is -0.497 e. The Morgan fingerprint density at radius 1 is 0.861 bits per heavy atom. The topological polar surface area (TPSA) is 58.6 Å². The van der Waals surface area contributed by atoms with Gasteiger partial charge in [-0.25, -0.2) is 0 Å². The number of nitrogens with zero attached hydrogens (tertiary/aromatic N) is 1. The van der Waals surface area contributed by atoms with E-state index in [0.717, 1.165) is 21.6 Å². The van der Waals surface area contributed by atoms with Crippen LogP contribution in [0.25, 0.3) is 0 Å². The Balaban J connectivity index is 1.64. The Morgan fingerprint density at radius 2 is 1.53 bits per heavy atom. The van der Waals surface area contributed by atoms with Crippen LogP contribution in [0.2, 0.25) is 0 Å². The Labute approximate surface area is 216 Å². The lowest BCUT2D eigenvalue weighted by atomic mass is 10.0. The molecule has 3 aromatic carbocycles. The highest BCUT2D eigenvalue weighted by atomic mass is 32.1. The van der Waals surface area contributed by atoms with E-state index in [1.165, 1.54) is 0 Å². The third kappa shape index (κ3) is 6.83. The SMILES string of the molecule is COc1ccc([C@H](C(=O)NCc2ccccc2)N(CCc2ccccc2)C(=O)Cc2cccs2)cc1. The van der Waals surface area contributed by atoms with Crippen molar-refractivity contribution in [2.45, 2.75) is 25.4 Å². The molecule has 36 heavy (non-hydrogen) atoms. The predicted octanol–water partition coefficient (Wildman–Crippen LogP) is 5.43. The lowest BCUT2D eigenvalue weighted by Gasteiger charge is -2.32. The van der Waals surface area contributed by atoms with Crippen LogP contribution in [-0.4, -0.2) is 30.4 Å². The molecule has 2 amide bonds. The van der Waals surface area contributed by atoms with Crippen molar-refractivity contribution < 1.29 is 14.3 Å². The molecule has 4 rings (SSSR count). The van der Waals surface area contributed by atoms with Gasteiger partial charge < -0.3 is 15.0 Å². The lowest BCUT2D eigenvalue weighted by Crippen LogP contribution is -2.45. The van der Waals surface area contributed by atoms with Gasteiger partial charge in [0, 0.05) is 18.0 Å². The van der Waals surface area contributed by atoms with Crippen LogP contribution in [-0.2, 0) is 29.0 Å².